The molecule has 9 nitrogen and oxygen atoms in total. The van der Waals surface area contributed by atoms with Crippen LogP contribution < -0.4 is 0 Å². The molecule has 14 aromatic carbocycles. The Bertz CT molecular complexity index is 6230. The fourth-order valence-corrected chi connectivity index (χ4v) is 13.7. The minimum absolute atomic E-state index is 0.644. The molecule has 0 fully saturated rings. The topological polar surface area (TPSA) is 92.9 Å². The van der Waals surface area contributed by atoms with Gasteiger partial charge in [-0.2, -0.15) is 0 Å². The standard InChI is InChI=1S/2C31H20N2O.C25H16N2O/c1-3-10-21(11-4-1)23-14-9-15-24(20-23)33-27-17-8-7-16-25(27)29-28(33)19-18-26-30(29)34-31(32-26)22-12-5-2-6-13-22;1-3-9-21(10-4-1)22-15-17-24(18-16-22)33-27-14-8-7-13-25(27)29-28(33)20-19-26-30(29)34-31(32-26)23-11-5-2-6-12-23;1-3-9-17(10-4-1)25-26-20-15-16-22-23(24(20)28-25)19-13-7-8-14-21(19)27(22)18-11-5-2-6-12-18/h2*1-20H;1-16H. The van der Waals surface area contributed by atoms with Crippen molar-refractivity contribution in [1.82, 2.24) is 28.7 Å². The molecule has 0 radical (unpaired) electrons. The van der Waals surface area contributed by atoms with Gasteiger partial charge in [0.05, 0.1) is 49.3 Å². The Balaban J connectivity index is 0.000000106. The van der Waals surface area contributed by atoms with Crippen molar-refractivity contribution >= 4 is 98.7 Å². The summed E-state index contributed by atoms with van der Waals surface area (Å²) in [4.78, 5) is 14.3. The Morgan fingerprint density at radius 1 is 0.198 bits per heavy atom. The molecule has 20 aromatic rings. The second-order valence-electron chi connectivity index (χ2n) is 23.8. The predicted molar refractivity (Wildman–Crippen MR) is 392 cm³/mol. The van der Waals surface area contributed by atoms with Gasteiger partial charge in [0.25, 0.3) is 0 Å². The molecular formula is C87H56N6O3. The molecular weight excluding hydrogens is 1180 g/mol. The molecule has 0 N–H and O–H groups in total. The molecule has 0 saturated heterocycles. The van der Waals surface area contributed by atoms with E-state index in [0.29, 0.717) is 17.7 Å². The van der Waals surface area contributed by atoms with Crippen molar-refractivity contribution < 1.29 is 13.3 Å². The SMILES string of the molecule is c1ccc(-c2ccc(-n3c4ccccc4c4c5oc(-c6ccccc6)nc5ccc43)cc2)cc1.c1ccc(-c2cccc(-n3c4ccccc4c4c5oc(-c6ccccc6)nc5ccc43)c2)cc1.c1ccc(-c2nc3ccc4c(c5ccccc5n4-c4ccccc4)c3o2)cc1. The molecule has 0 aliphatic heterocycles. The van der Waals surface area contributed by atoms with E-state index in [4.69, 9.17) is 28.2 Å². The Morgan fingerprint density at radius 3 is 0.865 bits per heavy atom. The first-order valence-electron chi connectivity index (χ1n) is 32.1. The van der Waals surface area contributed by atoms with Gasteiger partial charge in [0, 0.05) is 49.9 Å². The minimum Gasteiger partial charge on any atom is -0.435 e. The van der Waals surface area contributed by atoms with E-state index in [-0.39, 0.29) is 0 Å². The number of aromatic nitrogens is 6. The second-order valence-corrected chi connectivity index (χ2v) is 23.8. The Labute approximate surface area is 550 Å². The highest BCUT2D eigenvalue weighted by atomic mass is 16.4. The number of nitrogens with zero attached hydrogens (tertiary/aromatic N) is 6. The zero-order chi connectivity index (χ0) is 63.5. The van der Waals surface area contributed by atoms with E-state index in [9.17, 15) is 0 Å². The number of benzene rings is 14. The van der Waals surface area contributed by atoms with E-state index in [1.807, 2.05) is 115 Å². The van der Waals surface area contributed by atoms with Gasteiger partial charge in [0.1, 0.15) is 16.6 Å². The van der Waals surface area contributed by atoms with Gasteiger partial charge < -0.3 is 27.0 Å². The van der Waals surface area contributed by atoms with E-state index in [1.165, 1.54) is 27.6 Å². The number of oxazole rings is 3. The van der Waals surface area contributed by atoms with Crippen molar-refractivity contribution in [2.24, 2.45) is 0 Å². The fraction of sp³-hybridized carbons (Fsp3) is 0. The number of para-hydroxylation sites is 4. The zero-order valence-electron chi connectivity index (χ0n) is 51.7. The summed E-state index contributed by atoms with van der Waals surface area (Å²) in [7, 11) is 0. The average molecular weight is 1230 g/mol. The normalized spacial score (nSPS) is 11.5. The number of hydrogen-bond acceptors (Lipinski definition) is 6. The monoisotopic (exact) mass is 1230 g/mol. The van der Waals surface area contributed by atoms with Crippen LogP contribution in [0.2, 0.25) is 0 Å². The molecule has 6 heterocycles. The third-order valence-corrected chi connectivity index (χ3v) is 18.1. The summed E-state index contributed by atoms with van der Waals surface area (Å²) in [6, 6.07) is 117. The Kier molecular flexibility index (Phi) is 13.7. The van der Waals surface area contributed by atoms with E-state index in [1.54, 1.807) is 0 Å². The van der Waals surface area contributed by atoms with Gasteiger partial charge >= 0.3 is 0 Å². The van der Waals surface area contributed by atoms with Crippen LogP contribution in [0.5, 0.6) is 0 Å². The van der Waals surface area contributed by atoms with Gasteiger partial charge in [-0.3, -0.25) is 0 Å². The van der Waals surface area contributed by atoms with Crippen LogP contribution in [0.15, 0.2) is 353 Å². The lowest BCUT2D eigenvalue weighted by Gasteiger charge is -2.10. The molecule has 0 bridgehead atoms. The maximum Gasteiger partial charge on any atom is 0.227 e. The van der Waals surface area contributed by atoms with Crippen molar-refractivity contribution in [2.75, 3.05) is 0 Å². The maximum absolute atomic E-state index is 6.39. The first-order chi connectivity index (χ1) is 47.6. The molecule has 0 saturated carbocycles. The molecule has 6 aromatic heterocycles. The molecule has 96 heavy (non-hydrogen) atoms. The molecule has 0 atom stereocenters. The first-order valence-corrected chi connectivity index (χ1v) is 32.1. The molecule has 0 spiro atoms. The lowest BCUT2D eigenvalue weighted by atomic mass is 10.1. The molecule has 452 valence electrons. The van der Waals surface area contributed by atoms with Crippen LogP contribution in [0.4, 0.5) is 0 Å². The zero-order valence-corrected chi connectivity index (χ0v) is 51.7. The molecule has 0 aliphatic carbocycles. The van der Waals surface area contributed by atoms with E-state index < -0.39 is 0 Å². The van der Waals surface area contributed by atoms with E-state index in [2.05, 4.69) is 238 Å². The van der Waals surface area contributed by atoms with Crippen LogP contribution >= 0.6 is 0 Å². The van der Waals surface area contributed by atoms with Gasteiger partial charge in [-0.25, -0.2) is 15.0 Å². The highest BCUT2D eigenvalue weighted by Gasteiger charge is 2.23. The third-order valence-electron chi connectivity index (χ3n) is 18.1. The Morgan fingerprint density at radius 2 is 0.479 bits per heavy atom. The predicted octanol–water partition coefficient (Wildman–Crippen LogP) is 23.1. The summed E-state index contributed by atoms with van der Waals surface area (Å²) in [5.41, 5.74) is 23.0. The van der Waals surface area contributed by atoms with Gasteiger partial charge in [-0.05, 0) is 150 Å². The first kappa shape index (κ1) is 55.7. The van der Waals surface area contributed by atoms with Crippen LogP contribution in [-0.2, 0) is 0 Å². The fourth-order valence-electron chi connectivity index (χ4n) is 13.7. The van der Waals surface area contributed by atoms with Crippen molar-refractivity contribution in [3.63, 3.8) is 0 Å². The van der Waals surface area contributed by atoms with Crippen LogP contribution in [0.3, 0.4) is 0 Å². The lowest BCUT2D eigenvalue weighted by Crippen LogP contribution is -1.94. The highest BCUT2D eigenvalue weighted by Crippen LogP contribution is 2.43. The van der Waals surface area contributed by atoms with Crippen molar-refractivity contribution in [2.45, 2.75) is 0 Å². The van der Waals surface area contributed by atoms with Gasteiger partial charge in [0.2, 0.25) is 17.7 Å². The maximum atomic E-state index is 6.39. The van der Waals surface area contributed by atoms with Crippen molar-refractivity contribution in [3.8, 4) is 73.7 Å². The largest absolute Gasteiger partial charge is 0.435 e. The van der Waals surface area contributed by atoms with Crippen molar-refractivity contribution in [3.05, 3.63) is 340 Å². The van der Waals surface area contributed by atoms with Crippen LogP contribution in [0, 0.1) is 0 Å². The van der Waals surface area contributed by atoms with Crippen LogP contribution in [0.25, 0.3) is 172 Å². The second kappa shape index (κ2) is 23.5. The smallest absolute Gasteiger partial charge is 0.227 e. The van der Waals surface area contributed by atoms with Crippen molar-refractivity contribution in [1.29, 1.82) is 0 Å². The van der Waals surface area contributed by atoms with Crippen LogP contribution in [-0.4, -0.2) is 28.7 Å². The average Bonchev–Trinajstić information content (AvgIpc) is 1.61. The summed E-state index contributed by atoms with van der Waals surface area (Å²) >= 11 is 0. The summed E-state index contributed by atoms with van der Waals surface area (Å²) in [5.74, 6) is 1.94. The molecule has 20 rings (SSSR count). The number of rotatable bonds is 8. The molecule has 0 aliphatic rings. The highest BCUT2D eigenvalue weighted by molar-refractivity contribution is 6.21. The van der Waals surface area contributed by atoms with Gasteiger partial charge in [-0.1, -0.05) is 212 Å². The van der Waals surface area contributed by atoms with Gasteiger partial charge in [-0.15, -0.1) is 0 Å². The van der Waals surface area contributed by atoms with E-state index in [0.717, 1.165) is 127 Å². The summed E-state index contributed by atoms with van der Waals surface area (Å²) in [6.45, 7) is 0. The third kappa shape index (κ3) is 9.68. The molecule has 0 unspecified atom stereocenters. The minimum atomic E-state index is 0.644. The number of fused-ring (bicyclic) bond motifs is 15. The van der Waals surface area contributed by atoms with Gasteiger partial charge in [0.15, 0.2) is 16.7 Å². The Hall–Kier alpha value is -13.1. The lowest BCUT2D eigenvalue weighted by molar-refractivity contribution is 0.622. The van der Waals surface area contributed by atoms with E-state index >= 15 is 0 Å². The number of hydrogen-bond donors (Lipinski definition) is 0. The summed E-state index contributed by atoms with van der Waals surface area (Å²) in [6.07, 6.45) is 0. The molecule has 9 heteroatoms. The van der Waals surface area contributed by atoms with Crippen LogP contribution in [0.1, 0.15) is 0 Å². The summed E-state index contributed by atoms with van der Waals surface area (Å²) < 4.78 is 26.0. The summed E-state index contributed by atoms with van der Waals surface area (Å²) in [5, 5.41) is 6.77. The molecule has 0 amide bonds. The quantitative estimate of drug-likeness (QED) is 0.150.